The summed E-state index contributed by atoms with van der Waals surface area (Å²) in [4.78, 5) is 12.0. The Labute approximate surface area is 112 Å². The molecule has 0 saturated heterocycles. The van der Waals surface area contributed by atoms with Gasteiger partial charge in [-0.2, -0.15) is 5.10 Å². The Morgan fingerprint density at radius 2 is 2.00 bits per heavy atom. The first-order valence-electron chi connectivity index (χ1n) is 6.34. The van der Waals surface area contributed by atoms with Crippen molar-refractivity contribution < 1.29 is 4.79 Å². The van der Waals surface area contributed by atoms with Gasteiger partial charge in [-0.1, -0.05) is 6.92 Å². The van der Waals surface area contributed by atoms with Crippen molar-refractivity contribution in [3.63, 3.8) is 0 Å². The maximum Gasteiger partial charge on any atom is 0.256 e. The third-order valence-corrected chi connectivity index (χ3v) is 2.79. The summed E-state index contributed by atoms with van der Waals surface area (Å²) in [6.07, 6.45) is 2.72. The Morgan fingerprint density at radius 1 is 1.26 bits per heavy atom. The summed E-state index contributed by atoms with van der Waals surface area (Å²) in [5.41, 5.74) is 1.65. The summed E-state index contributed by atoms with van der Waals surface area (Å²) in [6.45, 7) is 3.04. The number of carbonyl (C=O) groups excluding carboxylic acids is 1. The highest BCUT2D eigenvalue weighted by molar-refractivity contribution is 6.03. The molecule has 19 heavy (non-hydrogen) atoms. The smallest absolute Gasteiger partial charge is 0.256 e. The molecule has 1 aromatic heterocycles. The van der Waals surface area contributed by atoms with Crippen molar-refractivity contribution >= 4 is 17.4 Å². The van der Waals surface area contributed by atoms with E-state index in [2.05, 4.69) is 22.7 Å². The lowest BCUT2D eigenvalue weighted by atomic mass is 10.2. The summed E-state index contributed by atoms with van der Waals surface area (Å²) in [6, 6.07) is 9.20. The quantitative estimate of drug-likeness (QED) is 0.866. The van der Waals surface area contributed by atoms with E-state index >= 15 is 0 Å². The lowest BCUT2D eigenvalue weighted by Gasteiger charge is -2.07. The molecule has 2 aromatic rings. The van der Waals surface area contributed by atoms with Crippen molar-refractivity contribution in [3.8, 4) is 0 Å². The minimum atomic E-state index is -0.134. The number of aryl methyl sites for hydroxylation is 1. The highest BCUT2D eigenvalue weighted by atomic mass is 16.1. The van der Waals surface area contributed by atoms with Crippen LogP contribution in [0.5, 0.6) is 0 Å². The maximum absolute atomic E-state index is 12.0. The molecule has 100 valence electrons. The van der Waals surface area contributed by atoms with Crippen molar-refractivity contribution in [1.29, 1.82) is 0 Å². The standard InChI is InChI=1S/C14H18N4O/c1-3-9-15-12-6-4-11(5-7-12)14(19)17-13-8-10-16-18(13)2/h4-8,10,15H,3,9H2,1-2H3,(H,17,19). The molecule has 0 bridgehead atoms. The summed E-state index contributed by atoms with van der Waals surface area (Å²) in [7, 11) is 1.79. The molecule has 1 amide bonds. The van der Waals surface area contributed by atoms with Crippen LogP contribution < -0.4 is 10.6 Å². The third kappa shape index (κ3) is 3.34. The Balaban J connectivity index is 2.01. The Morgan fingerprint density at radius 3 is 2.58 bits per heavy atom. The van der Waals surface area contributed by atoms with Crippen LogP contribution in [0.1, 0.15) is 23.7 Å². The lowest BCUT2D eigenvalue weighted by molar-refractivity contribution is 0.102. The number of nitrogens with one attached hydrogen (secondary N) is 2. The van der Waals surface area contributed by atoms with Gasteiger partial charge in [0.25, 0.3) is 5.91 Å². The van der Waals surface area contributed by atoms with Gasteiger partial charge >= 0.3 is 0 Å². The van der Waals surface area contributed by atoms with Crippen molar-refractivity contribution in [2.75, 3.05) is 17.2 Å². The van der Waals surface area contributed by atoms with Gasteiger partial charge in [0.1, 0.15) is 5.82 Å². The monoisotopic (exact) mass is 258 g/mol. The Bertz CT molecular complexity index is 545. The van der Waals surface area contributed by atoms with Crippen LogP contribution in [0.3, 0.4) is 0 Å². The number of benzene rings is 1. The summed E-state index contributed by atoms with van der Waals surface area (Å²) in [5.74, 6) is 0.545. The van der Waals surface area contributed by atoms with E-state index in [1.54, 1.807) is 24.0 Å². The van der Waals surface area contributed by atoms with Crippen molar-refractivity contribution in [2.45, 2.75) is 13.3 Å². The van der Waals surface area contributed by atoms with E-state index in [1.165, 1.54) is 0 Å². The van der Waals surface area contributed by atoms with Gasteiger partial charge in [0.05, 0.1) is 6.20 Å². The van der Waals surface area contributed by atoms with E-state index in [9.17, 15) is 4.79 Å². The zero-order valence-electron chi connectivity index (χ0n) is 11.2. The first kappa shape index (κ1) is 13.1. The fourth-order valence-electron chi connectivity index (χ4n) is 1.69. The number of hydrogen-bond donors (Lipinski definition) is 2. The molecule has 1 aromatic carbocycles. The van der Waals surface area contributed by atoms with Crippen LogP contribution >= 0.6 is 0 Å². The molecule has 0 fully saturated rings. The van der Waals surface area contributed by atoms with Crippen LogP contribution in [-0.4, -0.2) is 22.2 Å². The zero-order valence-corrected chi connectivity index (χ0v) is 11.2. The summed E-state index contributed by atoms with van der Waals surface area (Å²) in [5, 5.41) is 10.1. The molecule has 0 saturated carbocycles. The van der Waals surface area contributed by atoms with Crippen molar-refractivity contribution in [2.24, 2.45) is 7.05 Å². The Kier molecular flexibility index (Phi) is 4.18. The molecule has 0 aliphatic rings. The number of anilines is 2. The molecule has 0 aliphatic heterocycles. The van der Waals surface area contributed by atoms with Gasteiger partial charge in [-0.15, -0.1) is 0 Å². The summed E-state index contributed by atoms with van der Waals surface area (Å²) >= 11 is 0. The molecule has 2 N–H and O–H groups in total. The normalized spacial score (nSPS) is 10.2. The second-order valence-electron chi connectivity index (χ2n) is 4.30. The number of amides is 1. The Hall–Kier alpha value is -2.30. The van der Waals surface area contributed by atoms with E-state index in [1.807, 2.05) is 24.3 Å². The SMILES string of the molecule is CCCNc1ccc(C(=O)Nc2ccnn2C)cc1. The van der Waals surface area contributed by atoms with Crippen LogP contribution in [0.15, 0.2) is 36.5 Å². The van der Waals surface area contributed by atoms with Gasteiger partial charge in [0.2, 0.25) is 0 Å². The molecule has 5 nitrogen and oxygen atoms in total. The first-order valence-corrected chi connectivity index (χ1v) is 6.34. The first-order chi connectivity index (χ1) is 9.20. The molecule has 0 unspecified atom stereocenters. The fourth-order valence-corrected chi connectivity index (χ4v) is 1.69. The predicted octanol–water partition coefficient (Wildman–Crippen LogP) is 2.49. The van der Waals surface area contributed by atoms with E-state index in [-0.39, 0.29) is 5.91 Å². The minimum Gasteiger partial charge on any atom is -0.385 e. The van der Waals surface area contributed by atoms with Crippen LogP contribution in [0.4, 0.5) is 11.5 Å². The van der Waals surface area contributed by atoms with E-state index < -0.39 is 0 Å². The van der Waals surface area contributed by atoms with Crippen LogP contribution in [0, 0.1) is 0 Å². The second kappa shape index (κ2) is 6.04. The molecular weight excluding hydrogens is 240 g/mol. The van der Waals surface area contributed by atoms with Crippen molar-refractivity contribution in [1.82, 2.24) is 9.78 Å². The van der Waals surface area contributed by atoms with Gasteiger partial charge in [0, 0.05) is 30.9 Å². The highest BCUT2D eigenvalue weighted by Crippen LogP contribution is 2.12. The van der Waals surface area contributed by atoms with Gasteiger partial charge in [-0.25, -0.2) is 0 Å². The van der Waals surface area contributed by atoms with Gasteiger partial charge in [-0.3, -0.25) is 9.48 Å². The average molecular weight is 258 g/mol. The lowest BCUT2D eigenvalue weighted by Crippen LogP contribution is -2.14. The van der Waals surface area contributed by atoms with Crippen molar-refractivity contribution in [3.05, 3.63) is 42.1 Å². The molecule has 0 spiro atoms. The maximum atomic E-state index is 12.0. The van der Waals surface area contributed by atoms with E-state index in [4.69, 9.17) is 0 Å². The number of aromatic nitrogens is 2. The molecular formula is C14H18N4O. The second-order valence-corrected chi connectivity index (χ2v) is 4.30. The van der Waals surface area contributed by atoms with E-state index in [0.29, 0.717) is 11.4 Å². The highest BCUT2D eigenvalue weighted by Gasteiger charge is 2.07. The number of rotatable bonds is 5. The van der Waals surface area contributed by atoms with E-state index in [0.717, 1.165) is 18.7 Å². The number of carbonyl (C=O) groups is 1. The molecule has 1 heterocycles. The molecule has 0 aliphatic carbocycles. The average Bonchev–Trinajstić information content (AvgIpc) is 2.82. The van der Waals surface area contributed by atoms with Gasteiger partial charge in [0.15, 0.2) is 0 Å². The zero-order chi connectivity index (χ0) is 13.7. The van der Waals surface area contributed by atoms with Gasteiger partial charge < -0.3 is 10.6 Å². The number of hydrogen-bond acceptors (Lipinski definition) is 3. The third-order valence-electron chi connectivity index (χ3n) is 2.79. The van der Waals surface area contributed by atoms with Crippen LogP contribution in [-0.2, 0) is 7.05 Å². The topological polar surface area (TPSA) is 59.0 Å². The minimum absolute atomic E-state index is 0.134. The molecule has 0 radical (unpaired) electrons. The fraction of sp³-hybridized carbons (Fsp3) is 0.286. The molecule has 5 heteroatoms. The molecule has 2 rings (SSSR count). The largest absolute Gasteiger partial charge is 0.385 e. The van der Waals surface area contributed by atoms with Crippen LogP contribution in [0.2, 0.25) is 0 Å². The van der Waals surface area contributed by atoms with Gasteiger partial charge in [-0.05, 0) is 30.7 Å². The van der Waals surface area contributed by atoms with Crippen LogP contribution in [0.25, 0.3) is 0 Å². The molecule has 0 atom stereocenters. The number of nitrogens with zero attached hydrogens (tertiary/aromatic N) is 2. The predicted molar refractivity (Wildman–Crippen MR) is 76.4 cm³/mol. The summed E-state index contributed by atoms with van der Waals surface area (Å²) < 4.78 is 1.62.